The van der Waals surface area contributed by atoms with Gasteiger partial charge in [0, 0.05) is 0 Å². The van der Waals surface area contributed by atoms with Gasteiger partial charge in [-0.05, 0) is 18.4 Å². The summed E-state index contributed by atoms with van der Waals surface area (Å²) in [6.07, 6.45) is 2.29. The molecule has 0 saturated carbocycles. The van der Waals surface area contributed by atoms with Gasteiger partial charge in [-0.3, -0.25) is 0 Å². The van der Waals surface area contributed by atoms with Gasteiger partial charge in [0.15, 0.2) is 5.82 Å². The molecule has 0 aliphatic heterocycles. The minimum absolute atomic E-state index is 0.0135. The number of hydrogen-bond acceptors (Lipinski definition) is 5. The Labute approximate surface area is 95.1 Å². The number of aromatic nitrogens is 2. The molecule has 0 aliphatic carbocycles. The van der Waals surface area contributed by atoms with Gasteiger partial charge in [-0.1, -0.05) is 13.8 Å². The molecule has 86 valence electrons. The predicted molar refractivity (Wildman–Crippen MR) is 60.7 cm³/mol. The first-order valence-corrected chi connectivity index (χ1v) is 5.26. The van der Waals surface area contributed by atoms with Crippen molar-refractivity contribution in [3.8, 4) is 6.07 Å². The number of nitrogens with zero attached hydrogens (tertiary/aromatic N) is 3. The van der Waals surface area contributed by atoms with E-state index in [0.29, 0.717) is 17.3 Å². The van der Waals surface area contributed by atoms with Crippen LogP contribution in [0.15, 0.2) is 12.3 Å². The Balaban J connectivity index is 2.74. The van der Waals surface area contributed by atoms with Gasteiger partial charge in [-0.2, -0.15) is 10.4 Å². The van der Waals surface area contributed by atoms with Gasteiger partial charge in [-0.15, -0.1) is 5.10 Å². The zero-order chi connectivity index (χ0) is 12.0. The van der Waals surface area contributed by atoms with E-state index in [1.165, 1.54) is 6.20 Å². The molecule has 2 N–H and O–H groups in total. The minimum Gasteiger partial charge on any atom is -0.394 e. The van der Waals surface area contributed by atoms with Crippen LogP contribution in [-0.4, -0.2) is 28.0 Å². The molecule has 1 heterocycles. The van der Waals surface area contributed by atoms with Crippen molar-refractivity contribution in [3.05, 3.63) is 17.8 Å². The zero-order valence-corrected chi connectivity index (χ0v) is 9.51. The normalized spacial score (nSPS) is 12.2. The quantitative estimate of drug-likeness (QED) is 0.778. The second-order valence-corrected chi connectivity index (χ2v) is 4.06. The van der Waals surface area contributed by atoms with Gasteiger partial charge in [0.1, 0.15) is 6.07 Å². The van der Waals surface area contributed by atoms with E-state index >= 15 is 0 Å². The van der Waals surface area contributed by atoms with Crippen molar-refractivity contribution in [2.45, 2.75) is 26.3 Å². The van der Waals surface area contributed by atoms with Crippen molar-refractivity contribution >= 4 is 5.82 Å². The van der Waals surface area contributed by atoms with Gasteiger partial charge in [0.05, 0.1) is 24.4 Å². The van der Waals surface area contributed by atoms with E-state index in [1.807, 2.05) is 6.07 Å². The molecule has 0 aromatic carbocycles. The van der Waals surface area contributed by atoms with Crippen LogP contribution in [0, 0.1) is 17.2 Å². The molecule has 16 heavy (non-hydrogen) atoms. The van der Waals surface area contributed by atoms with Crippen molar-refractivity contribution in [1.82, 2.24) is 10.2 Å². The van der Waals surface area contributed by atoms with Gasteiger partial charge >= 0.3 is 0 Å². The average molecular weight is 220 g/mol. The molecule has 1 rings (SSSR count). The first-order chi connectivity index (χ1) is 7.67. The highest BCUT2D eigenvalue weighted by molar-refractivity contribution is 5.50. The van der Waals surface area contributed by atoms with E-state index in [4.69, 9.17) is 5.26 Å². The fourth-order valence-electron chi connectivity index (χ4n) is 1.47. The molecule has 1 unspecified atom stereocenters. The molecule has 0 radical (unpaired) electrons. The van der Waals surface area contributed by atoms with Crippen molar-refractivity contribution in [1.29, 1.82) is 5.26 Å². The number of rotatable bonds is 5. The lowest BCUT2D eigenvalue weighted by Crippen LogP contribution is -2.26. The van der Waals surface area contributed by atoms with E-state index < -0.39 is 0 Å². The lowest BCUT2D eigenvalue weighted by molar-refractivity contribution is 0.259. The van der Waals surface area contributed by atoms with Crippen LogP contribution in [0.1, 0.15) is 25.8 Å². The smallest absolute Gasteiger partial charge is 0.166 e. The summed E-state index contributed by atoms with van der Waals surface area (Å²) in [4.78, 5) is 0. The molecule has 1 aromatic heterocycles. The lowest BCUT2D eigenvalue weighted by Gasteiger charge is -2.18. The number of hydrogen-bond donors (Lipinski definition) is 2. The average Bonchev–Trinajstić information content (AvgIpc) is 2.28. The standard InChI is InChI=1S/C11H16N4O/c1-8(2)5-10(7-16)14-11-9(6-12)3-4-13-15-11/h3-4,8,10,16H,5,7H2,1-2H3,(H,14,15). The van der Waals surface area contributed by atoms with E-state index in [1.54, 1.807) is 6.07 Å². The van der Waals surface area contributed by atoms with Crippen LogP contribution >= 0.6 is 0 Å². The topological polar surface area (TPSA) is 81.8 Å². The maximum Gasteiger partial charge on any atom is 0.166 e. The third-order valence-electron chi connectivity index (χ3n) is 2.16. The van der Waals surface area contributed by atoms with Crippen LogP contribution in [0.5, 0.6) is 0 Å². The van der Waals surface area contributed by atoms with Crippen LogP contribution in [0.4, 0.5) is 5.82 Å². The molecule has 0 bridgehead atoms. The predicted octanol–water partition coefficient (Wildman–Crippen LogP) is 1.17. The lowest BCUT2D eigenvalue weighted by atomic mass is 10.0. The first kappa shape index (κ1) is 12.4. The molecule has 5 heteroatoms. The van der Waals surface area contributed by atoms with Crippen LogP contribution in [0.25, 0.3) is 0 Å². The van der Waals surface area contributed by atoms with Crippen molar-refractivity contribution in [3.63, 3.8) is 0 Å². The molecule has 5 nitrogen and oxygen atoms in total. The maximum atomic E-state index is 9.21. The number of aliphatic hydroxyl groups is 1. The Morgan fingerprint density at radius 1 is 1.56 bits per heavy atom. The van der Waals surface area contributed by atoms with Gasteiger partial charge in [-0.25, -0.2) is 0 Å². The molecular formula is C11H16N4O. The van der Waals surface area contributed by atoms with E-state index in [-0.39, 0.29) is 12.6 Å². The van der Waals surface area contributed by atoms with Gasteiger partial charge in [0.25, 0.3) is 0 Å². The summed E-state index contributed by atoms with van der Waals surface area (Å²) in [5, 5.41) is 28.7. The summed E-state index contributed by atoms with van der Waals surface area (Å²) < 4.78 is 0. The molecule has 0 aliphatic rings. The Bertz CT molecular complexity index is 372. The molecule has 0 spiro atoms. The molecule has 0 saturated heterocycles. The molecular weight excluding hydrogens is 204 g/mol. The maximum absolute atomic E-state index is 9.21. The fraction of sp³-hybridized carbons (Fsp3) is 0.545. The summed E-state index contributed by atoms with van der Waals surface area (Å²) in [6.45, 7) is 4.16. The Hall–Kier alpha value is -1.67. The molecule has 1 atom stereocenters. The highest BCUT2D eigenvalue weighted by Crippen LogP contribution is 2.13. The van der Waals surface area contributed by atoms with Crippen LogP contribution in [0.2, 0.25) is 0 Å². The fourth-order valence-corrected chi connectivity index (χ4v) is 1.47. The second kappa shape index (κ2) is 6.03. The Morgan fingerprint density at radius 2 is 2.31 bits per heavy atom. The largest absolute Gasteiger partial charge is 0.394 e. The Morgan fingerprint density at radius 3 is 2.88 bits per heavy atom. The summed E-state index contributed by atoms with van der Waals surface area (Å²) >= 11 is 0. The number of aliphatic hydroxyl groups excluding tert-OH is 1. The highest BCUT2D eigenvalue weighted by atomic mass is 16.3. The minimum atomic E-state index is -0.0937. The summed E-state index contributed by atoms with van der Waals surface area (Å²) in [5.41, 5.74) is 0.442. The zero-order valence-electron chi connectivity index (χ0n) is 9.51. The molecule has 1 aromatic rings. The van der Waals surface area contributed by atoms with Crippen molar-refractivity contribution < 1.29 is 5.11 Å². The molecule has 0 fully saturated rings. The van der Waals surface area contributed by atoms with Gasteiger partial charge < -0.3 is 10.4 Å². The highest BCUT2D eigenvalue weighted by Gasteiger charge is 2.12. The monoisotopic (exact) mass is 220 g/mol. The van der Waals surface area contributed by atoms with Crippen LogP contribution < -0.4 is 5.32 Å². The van der Waals surface area contributed by atoms with E-state index in [0.717, 1.165) is 6.42 Å². The van der Waals surface area contributed by atoms with Crippen molar-refractivity contribution in [2.75, 3.05) is 11.9 Å². The number of nitriles is 1. The number of anilines is 1. The second-order valence-electron chi connectivity index (χ2n) is 4.06. The third kappa shape index (κ3) is 3.48. The SMILES string of the molecule is CC(C)CC(CO)Nc1nnccc1C#N. The van der Waals surface area contributed by atoms with E-state index in [9.17, 15) is 5.11 Å². The summed E-state index contributed by atoms with van der Waals surface area (Å²) in [6, 6.07) is 3.53. The van der Waals surface area contributed by atoms with E-state index in [2.05, 4.69) is 29.4 Å². The number of nitrogens with one attached hydrogen (secondary N) is 1. The summed E-state index contributed by atoms with van der Waals surface area (Å²) in [5.74, 6) is 0.900. The first-order valence-electron chi connectivity index (χ1n) is 5.26. The van der Waals surface area contributed by atoms with Crippen molar-refractivity contribution in [2.24, 2.45) is 5.92 Å². The van der Waals surface area contributed by atoms with Gasteiger partial charge in [0.2, 0.25) is 0 Å². The van der Waals surface area contributed by atoms with Crippen LogP contribution in [-0.2, 0) is 0 Å². The third-order valence-corrected chi connectivity index (χ3v) is 2.16. The molecule has 0 amide bonds. The van der Waals surface area contributed by atoms with Crippen LogP contribution in [0.3, 0.4) is 0 Å². The Kier molecular flexibility index (Phi) is 4.67. The summed E-state index contributed by atoms with van der Waals surface area (Å²) in [7, 11) is 0.